The van der Waals surface area contributed by atoms with Gasteiger partial charge in [0.05, 0.1) is 12.8 Å². The summed E-state index contributed by atoms with van der Waals surface area (Å²) in [6.45, 7) is 0. The minimum Gasteiger partial charge on any atom is -0.493 e. The average Bonchev–Trinajstić information content (AvgIpc) is 2.59. The second-order valence-electron chi connectivity index (χ2n) is 3.40. The van der Waals surface area contributed by atoms with Crippen molar-refractivity contribution in [3.05, 3.63) is 30.1 Å². The first-order valence-electron chi connectivity index (χ1n) is 4.76. The molecule has 0 aliphatic rings. The van der Waals surface area contributed by atoms with E-state index in [0.29, 0.717) is 17.1 Å². The SMILES string of the molecule is Br.COc1c(F)cccc1-c1cc(N)n(C)n1. The lowest BCUT2D eigenvalue weighted by atomic mass is 10.1. The van der Waals surface area contributed by atoms with Crippen LogP contribution >= 0.6 is 17.0 Å². The molecule has 6 heteroatoms. The zero-order valence-electron chi connectivity index (χ0n) is 9.48. The predicted molar refractivity (Wildman–Crippen MR) is 69.9 cm³/mol. The summed E-state index contributed by atoms with van der Waals surface area (Å²) in [7, 11) is 3.15. The van der Waals surface area contributed by atoms with Crippen molar-refractivity contribution in [1.82, 2.24) is 9.78 Å². The van der Waals surface area contributed by atoms with Gasteiger partial charge in [-0.15, -0.1) is 17.0 Å². The largest absolute Gasteiger partial charge is 0.493 e. The Morgan fingerprint density at radius 3 is 2.65 bits per heavy atom. The van der Waals surface area contributed by atoms with Gasteiger partial charge in [0.25, 0.3) is 0 Å². The number of hydrogen-bond donors (Lipinski definition) is 1. The van der Waals surface area contributed by atoms with Crippen molar-refractivity contribution >= 4 is 22.8 Å². The Morgan fingerprint density at radius 2 is 2.12 bits per heavy atom. The zero-order valence-corrected chi connectivity index (χ0v) is 11.2. The fraction of sp³-hybridized carbons (Fsp3) is 0.182. The van der Waals surface area contributed by atoms with E-state index in [-0.39, 0.29) is 22.7 Å². The van der Waals surface area contributed by atoms with Gasteiger partial charge in [-0.1, -0.05) is 6.07 Å². The fourth-order valence-electron chi connectivity index (χ4n) is 1.53. The van der Waals surface area contributed by atoms with E-state index in [1.54, 1.807) is 25.2 Å². The van der Waals surface area contributed by atoms with Gasteiger partial charge in [-0.2, -0.15) is 5.10 Å². The molecule has 4 nitrogen and oxygen atoms in total. The Kier molecular flexibility index (Phi) is 4.11. The highest BCUT2D eigenvalue weighted by molar-refractivity contribution is 8.93. The molecule has 0 aliphatic heterocycles. The van der Waals surface area contributed by atoms with Crippen LogP contribution in [0.3, 0.4) is 0 Å². The van der Waals surface area contributed by atoms with Gasteiger partial charge in [0.15, 0.2) is 11.6 Å². The van der Waals surface area contributed by atoms with Crippen LogP contribution in [0.2, 0.25) is 0 Å². The summed E-state index contributed by atoms with van der Waals surface area (Å²) in [6.07, 6.45) is 0. The number of hydrogen-bond acceptors (Lipinski definition) is 3. The van der Waals surface area contributed by atoms with E-state index in [1.807, 2.05) is 0 Å². The molecule has 1 heterocycles. The molecule has 0 saturated carbocycles. The van der Waals surface area contributed by atoms with Crippen molar-refractivity contribution < 1.29 is 9.13 Å². The minimum atomic E-state index is -0.413. The maximum Gasteiger partial charge on any atom is 0.165 e. The number of nitrogen functional groups attached to an aromatic ring is 1. The minimum absolute atomic E-state index is 0. The van der Waals surface area contributed by atoms with Gasteiger partial charge in [-0.25, -0.2) is 4.39 Å². The van der Waals surface area contributed by atoms with Crippen LogP contribution in [0.15, 0.2) is 24.3 Å². The Bertz CT molecular complexity index is 508. The summed E-state index contributed by atoms with van der Waals surface area (Å²) in [4.78, 5) is 0. The van der Waals surface area contributed by atoms with Gasteiger partial charge in [-0.05, 0) is 12.1 Å². The van der Waals surface area contributed by atoms with Gasteiger partial charge in [0, 0.05) is 18.7 Å². The quantitative estimate of drug-likeness (QED) is 0.927. The van der Waals surface area contributed by atoms with Crippen LogP contribution in [0.25, 0.3) is 11.3 Å². The highest BCUT2D eigenvalue weighted by atomic mass is 79.9. The lowest BCUT2D eigenvalue weighted by Gasteiger charge is -2.06. The molecular formula is C11H13BrFN3O. The van der Waals surface area contributed by atoms with E-state index in [1.165, 1.54) is 17.9 Å². The first kappa shape index (κ1) is 13.5. The van der Waals surface area contributed by atoms with Crippen molar-refractivity contribution in [2.45, 2.75) is 0 Å². The highest BCUT2D eigenvalue weighted by Gasteiger charge is 2.13. The number of ether oxygens (including phenoxy) is 1. The summed E-state index contributed by atoms with van der Waals surface area (Å²) < 4.78 is 20.0. The van der Waals surface area contributed by atoms with Crippen molar-refractivity contribution in [1.29, 1.82) is 0 Å². The molecule has 2 rings (SSSR count). The molecule has 1 aromatic carbocycles. The smallest absolute Gasteiger partial charge is 0.165 e. The summed E-state index contributed by atoms with van der Waals surface area (Å²) in [5, 5.41) is 4.18. The Morgan fingerprint density at radius 1 is 1.41 bits per heavy atom. The molecule has 17 heavy (non-hydrogen) atoms. The molecule has 0 unspecified atom stereocenters. The lowest BCUT2D eigenvalue weighted by Crippen LogP contribution is -1.97. The first-order chi connectivity index (χ1) is 7.63. The fourth-order valence-corrected chi connectivity index (χ4v) is 1.53. The molecule has 1 aromatic heterocycles. The Hall–Kier alpha value is -1.56. The van der Waals surface area contributed by atoms with E-state index in [4.69, 9.17) is 10.5 Å². The van der Waals surface area contributed by atoms with Gasteiger partial charge in [0.1, 0.15) is 5.82 Å². The van der Waals surface area contributed by atoms with Crippen LogP contribution in [0, 0.1) is 5.82 Å². The van der Waals surface area contributed by atoms with Crippen LogP contribution < -0.4 is 10.5 Å². The monoisotopic (exact) mass is 301 g/mol. The predicted octanol–water partition coefficient (Wildman–Crippen LogP) is 2.39. The molecule has 2 aromatic rings. The van der Waals surface area contributed by atoms with E-state index >= 15 is 0 Å². The molecule has 0 radical (unpaired) electrons. The molecule has 2 N–H and O–H groups in total. The molecule has 0 atom stereocenters. The highest BCUT2D eigenvalue weighted by Crippen LogP contribution is 2.31. The van der Waals surface area contributed by atoms with E-state index in [9.17, 15) is 4.39 Å². The number of nitrogens with zero attached hydrogens (tertiary/aromatic N) is 2. The Labute approximate surface area is 109 Å². The second kappa shape index (κ2) is 5.18. The van der Waals surface area contributed by atoms with E-state index in [2.05, 4.69) is 5.10 Å². The number of methoxy groups -OCH3 is 1. The topological polar surface area (TPSA) is 53.1 Å². The van der Waals surface area contributed by atoms with E-state index < -0.39 is 5.82 Å². The van der Waals surface area contributed by atoms with E-state index in [0.717, 1.165) is 0 Å². The molecule has 0 saturated heterocycles. The van der Waals surface area contributed by atoms with Gasteiger partial charge in [-0.3, -0.25) is 4.68 Å². The van der Waals surface area contributed by atoms with Crippen LogP contribution in [0.5, 0.6) is 5.75 Å². The van der Waals surface area contributed by atoms with Crippen LogP contribution in [0.1, 0.15) is 0 Å². The number of halogens is 2. The van der Waals surface area contributed by atoms with Crippen molar-refractivity contribution in [2.75, 3.05) is 12.8 Å². The molecule has 0 spiro atoms. The number of aryl methyl sites for hydroxylation is 1. The number of nitrogens with two attached hydrogens (primary N) is 1. The average molecular weight is 302 g/mol. The molecule has 0 fully saturated rings. The number of anilines is 1. The first-order valence-corrected chi connectivity index (χ1v) is 4.76. The molecule has 92 valence electrons. The number of rotatable bonds is 2. The third kappa shape index (κ3) is 2.41. The summed E-state index contributed by atoms with van der Waals surface area (Å²) in [5.41, 5.74) is 6.86. The normalized spacial score (nSPS) is 9.82. The maximum absolute atomic E-state index is 13.5. The van der Waals surface area contributed by atoms with Crippen molar-refractivity contribution in [2.24, 2.45) is 7.05 Å². The van der Waals surface area contributed by atoms with Crippen molar-refractivity contribution in [3.8, 4) is 17.0 Å². The van der Waals surface area contributed by atoms with Crippen LogP contribution in [-0.2, 0) is 7.05 Å². The third-order valence-corrected chi connectivity index (χ3v) is 2.36. The van der Waals surface area contributed by atoms with Crippen molar-refractivity contribution in [3.63, 3.8) is 0 Å². The number of para-hydroxylation sites is 1. The lowest BCUT2D eigenvalue weighted by molar-refractivity contribution is 0.388. The van der Waals surface area contributed by atoms with Gasteiger partial charge < -0.3 is 10.5 Å². The standard InChI is InChI=1S/C11H12FN3O.BrH/c1-15-10(13)6-9(14-15)7-4-3-5-8(12)11(7)16-2;/h3-6H,13H2,1-2H3;1H. The van der Waals surface area contributed by atoms with Crippen LogP contribution in [-0.4, -0.2) is 16.9 Å². The summed E-state index contributed by atoms with van der Waals surface area (Å²) in [5.74, 6) is 0.283. The molecule has 0 bridgehead atoms. The zero-order chi connectivity index (χ0) is 11.7. The third-order valence-electron chi connectivity index (χ3n) is 2.36. The number of aromatic nitrogens is 2. The maximum atomic E-state index is 13.5. The summed E-state index contributed by atoms with van der Waals surface area (Å²) in [6, 6.07) is 6.37. The van der Waals surface area contributed by atoms with Gasteiger partial charge in [0.2, 0.25) is 0 Å². The molecular weight excluding hydrogens is 289 g/mol. The van der Waals surface area contributed by atoms with Gasteiger partial charge >= 0.3 is 0 Å². The number of benzene rings is 1. The molecule has 0 amide bonds. The Balaban J connectivity index is 0.00000144. The molecule has 0 aliphatic carbocycles. The second-order valence-corrected chi connectivity index (χ2v) is 3.40. The summed E-state index contributed by atoms with van der Waals surface area (Å²) >= 11 is 0. The van der Waals surface area contributed by atoms with Crippen LogP contribution in [0.4, 0.5) is 10.2 Å².